The fourth-order valence-corrected chi connectivity index (χ4v) is 4.23. The molecule has 1 aliphatic rings. The number of hydrogen-bond donors (Lipinski definition) is 1. The van der Waals surface area contributed by atoms with Crippen LogP contribution in [0.3, 0.4) is 0 Å². The summed E-state index contributed by atoms with van der Waals surface area (Å²) in [5.41, 5.74) is 2.00. The van der Waals surface area contributed by atoms with Crippen molar-refractivity contribution < 1.29 is 23.9 Å². The number of aromatic nitrogens is 1. The fourth-order valence-electron chi connectivity index (χ4n) is 3.51. The number of benzene rings is 2. The smallest absolute Gasteiger partial charge is 0.293 e. The normalized spacial score (nSPS) is 13.5. The Morgan fingerprint density at radius 3 is 2.61 bits per heavy atom. The van der Waals surface area contributed by atoms with Crippen LogP contribution in [0, 0.1) is 10.1 Å². The minimum absolute atomic E-state index is 0.116. The van der Waals surface area contributed by atoms with Crippen molar-refractivity contribution in [1.82, 2.24) is 4.98 Å². The Labute approximate surface area is 193 Å². The molecule has 1 N–H and O–H groups in total. The first-order valence-electron chi connectivity index (χ1n) is 10.1. The van der Waals surface area contributed by atoms with Gasteiger partial charge in [-0.2, -0.15) is 0 Å². The molecular formula is C22H22N4O6S. The number of rotatable bonds is 7. The highest BCUT2D eigenvalue weighted by Crippen LogP contribution is 2.34. The summed E-state index contributed by atoms with van der Waals surface area (Å²) in [6.45, 7) is 2.13. The molecule has 1 aliphatic heterocycles. The van der Waals surface area contributed by atoms with E-state index in [1.165, 1.54) is 17.4 Å². The summed E-state index contributed by atoms with van der Waals surface area (Å²) < 4.78 is 15.9. The molecule has 0 bridgehead atoms. The van der Waals surface area contributed by atoms with E-state index in [4.69, 9.17) is 14.2 Å². The molecule has 1 fully saturated rings. The maximum Gasteiger partial charge on any atom is 0.293 e. The van der Waals surface area contributed by atoms with Gasteiger partial charge < -0.3 is 19.1 Å². The molecule has 2 aromatic carbocycles. The van der Waals surface area contributed by atoms with Crippen molar-refractivity contribution in [3.8, 4) is 22.8 Å². The number of amides is 1. The van der Waals surface area contributed by atoms with Crippen LogP contribution in [0.4, 0.5) is 16.5 Å². The van der Waals surface area contributed by atoms with E-state index in [2.05, 4.69) is 10.3 Å². The Hall–Kier alpha value is -3.70. The zero-order chi connectivity index (χ0) is 23.4. The third-order valence-corrected chi connectivity index (χ3v) is 5.95. The number of nitrogens with one attached hydrogen (secondary N) is 1. The van der Waals surface area contributed by atoms with Gasteiger partial charge in [-0.05, 0) is 30.3 Å². The first kappa shape index (κ1) is 22.5. The number of morpholine rings is 1. The summed E-state index contributed by atoms with van der Waals surface area (Å²) in [7, 11) is 3.11. The van der Waals surface area contributed by atoms with Gasteiger partial charge in [0.1, 0.15) is 5.69 Å². The molecule has 0 spiro atoms. The van der Waals surface area contributed by atoms with Gasteiger partial charge in [0.2, 0.25) is 0 Å². The quantitative estimate of drug-likeness (QED) is 0.409. The van der Waals surface area contributed by atoms with Crippen LogP contribution < -0.4 is 19.7 Å². The molecule has 10 nitrogen and oxygen atoms in total. The molecule has 172 valence electrons. The monoisotopic (exact) mass is 470 g/mol. The number of methoxy groups -OCH3 is 2. The second kappa shape index (κ2) is 9.84. The summed E-state index contributed by atoms with van der Waals surface area (Å²) in [6, 6.07) is 9.90. The Bertz CT molecular complexity index is 1180. The number of hydrogen-bond acceptors (Lipinski definition) is 9. The van der Waals surface area contributed by atoms with Gasteiger partial charge in [-0.15, -0.1) is 11.3 Å². The van der Waals surface area contributed by atoms with Crippen molar-refractivity contribution in [3.63, 3.8) is 0 Å². The van der Waals surface area contributed by atoms with E-state index in [1.807, 2.05) is 11.0 Å². The predicted molar refractivity (Wildman–Crippen MR) is 125 cm³/mol. The van der Waals surface area contributed by atoms with E-state index in [0.29, 0.717) is 54.3 Å². The van der Waals surface area contributed by atoms with E-state index < -0.39 is 10.8 Å². The summed E-state index contributed by atoms with van der Waals surface area (Å²) in [6.07, 6.45) is 0. The van der Waals surface area contributed by atoms with Crippen molar-refractivity contribution in [2.45, 2.75) is 0 Å². The topological polar surface area (TPSA) is 116 Å². The number of carbonyl (C=O) groups is 1. The van der Waals surface area contributed by atoms with Gasteiger partial charge in [-0.3, -0.25) is 20.2 Å². The minimum atomic E-state index is -0.472. The number of nitro groups is 1. The number of thiazole rings is 1. The molecule has 0 radical (unpaired) electrons. The van der Waals surface area contributed by atoms with Crippen LogP contribution in [0.2, 0.25) is 0 Å². The molecule has 2 heterocycles. The van der Waals surface area contributed by atoms with Gasteiger partial charge in [-0.1, -0.05) is 0 Å². The highest BCUT2D eigenvalue weighted by Gasteiger charge is 2.23. The average Bonchev–Trinajstić information content (AvgIpc) is 3.32. The molecule has 3 aromatic rings. The van der Waals surface area contributed by atoms with Gasteiger partial charge in [0, 0.05) is 35.7 Å². The van der Waals surface area contributed by atoms with E-state index in [1.54, 1.807) is 43.9 Å². The van der Waals surface area contributed by atoms with Gasteiger partial charge in [0.25, 0.3) is 11.6 Å². The Kier molecular flexibility index (Phi) is 6.71. The number of carbonyl (C=O) groups excluding carboxylic acids is 1. The lowest BCUT2D eigenvalue weighted by molar-refractivity contribution is -0.384. The SMILES string of the molecule is COc1ccc(-c2csc(NC(=O)c3ccc(N4CCOCC4)c([N+](=O)[O-])c3)n2)cc1OC. The van der Waals surface area contributed by atoms with Crippen LogP contribution in [0.25, 0.3) is 11.3 Å². The summed E-state index contributed by atoms with van der Waals surface area (Å²) >= 11 is 1.26. The number of anilines is 2. The zero-order valence-corrected chi connectivity index (χ0v) is 18.9. The van der Waals surface area contributed by atoms with Crippen molar-refractivity contribution in [2.24, 2.45) is 0 Å². The van der Waals surface area contributed by atoms with Crippen LogP contribution in [0.5, 0.6) is 11.5 Å². The van der Waals surface area contributed by atoms with Crippen LogP contribution in [0.1, 0.15) is 10.4 Å². The van der Waals surface area contributed by atoms with Crippen LogP contribution in [-0.2, 0) is 4.74 Å². The second-order valence-electron chi connectivity index (χ2n) is 7.12. The Morgan fingerprint density at radius 1 is 1.15 bits per heavy atom. The van der Waals surface area contributed by atoms with Gasteiger partial charge in [-0.25, -0.2) is 4.98 Å². The highest BCUT2D eigenvalue weighted by atomic mass is 32.1. The third kappa shape index (κ3) is 4.89. The van der Waals surface area contributed by atoms with Crippen LogP contribution >= 0.6 is 11.3 Å². The van der Waals surface area contributed by atoms with E-state index in [-0.39, 0.29) is 11.3 Å². The molecule has 33 heavy (non-hydrogen) atoms. The van der Waals surface area contributed by atoms with Crippen molar-refractivity contribution in [1.29, 1.82) is 0 Å². The maximum absolute atomic E-state index is 12.8. The van der Waals surface area contributed by atoms with Crippen LogP contribution in [0.15, 0.2) is 41.8 Å². The second-order valence-corrected chi connectivity index (χ2v) is 7.98. The molecule has 0 unspecified atom stereocenters. The zero-order valence-electron chi connectivity index (χ0n) is 18.1. The Morgan fingerprint density at radius 2 is 1.91 bits per heavy atom. The summed E-state index contributed by atoms with van der Waals surface area (Å²) in [5.74, 6) is 0.702. The largest absolute Gasteiger partial charge is 0.493 e. The first-order chi connectivity index (χ1) is 16.0. The van der Waals surface area contributed by atoms with Gasteiger partial charge in [0.15, 0.2) is 16.6 Å². The lowest BCUT2D eigenvalue weighted by Crippen LogP contribution is -2.36. The molecule has 11 heteroatoms. The fraction of sp³-hybridized carbons (Fsp3) is 0.273. The average molecular weight is 471 g/mol. The van der Waals surface area contributed by atoms with E-state index in [0.717, 1.165) is 5.56 Å². The van der Waals surface area contributed by atoms with Crippen molar-refractivity contribution in [3.05, 3.63) is 57.5 Å². The van der Waals surface area contributed by atoms with Crippen molar-refractivity contribution >= 4 is 33.8 Å². The standard InChI is InChI=1S/C22H22N4O6S/c1-30-19-6-4-14(12-20(19)31-2)16-13-33-22(23-16)24-21(27)15-3-5-17(18(11-15)26(28)29)25-7-9-32-10-8-25/h3-6,11-13H,7-10H2,1-2H3,(H,23,24,27). The highest BCUT2D eigenvalue weighted by molar-refractivity contribution is 7.14. The first-order valence-corrected chi connectivity index (χ1v) is 11.0. The number of nitrogens with zero attached hydrogens (tertiary/aromatic N) is 3. The maximum atomic E-state index is 12.8. The minimum Gasteiger partial charge on any atom is -0.493 e. The molecule has 0 atom stereocenters. The van der Waals surface area contributed by atoms with Gasteiger partial charge >= 0.3 is 0 Å². The predicted octanol–water partition coefficient (Wildman–Crippen LogP) is 3.82. The number of nitro benzene ring substituents is 1. The lowest BCUT2D eigenvalue weighted by atomic mass is 10.1. The summed E-state index contributed by atoms with van der Waals surface area (Å²) in [4.78, 5) is 30.3. The van der Waals surface area contributed by atoms with Gasteiger partial charge in [0.05, 0.1) is 38.1 Å². The molecular weight excluding hydrogens is 448 g/mol. The molecule has 1 amide bonds. The Balaban J connectivity index is 1.52. The van der Waals surface area contributed by atoms with Crippen molar-refractivity contribution in [2.75, 3.05) is 50.7 Å². The lowest BCUT2D eigenvalue weighted by Gasteiger charge is -2.28. The molecule has 0 saturated carbocycles. The third-order valence-electron chi connectivity index (χ3n) is 5.19. The van der Waals surface area contributed by atoms with Crippen LogP contribution in [-0.4, -0.2) is 56.3 Å². The van der Waals surface area contributed by atoms with E-state index >= 15 is 0 Å². The molecule has 4 rings (SSSR count). The molecule has 1 aromatic heterocycles. The molecule has 1 saturated heterocycles. The van der Waals surface area contributed by atoms with E-state index in [9.17, 15) is 14.9 Å². The number of ether oxygens (including phenoxy) is 3. The molecule has 0 aliphatic carbocycles. The summed E-state index contributed by atoms with van der Waals surface area (Å²) in [5, 5.41) is 16.5.